The van der Waals surface area contributed by atoms with E-state index < -0.39 is 17.1 Å². The SMILES string of the molecule is CCOc1cc(C=C2SC(=O)NC2=O)ccc1OC(=O)c1ccc(C)cc1. The molecule has 138 valence electrons. The third-order valence-corrected chi connectivity index (χ3v) is 4.51. The number of ether oxygens (including phenoxy) is 2. The van der Waals surface area contributed by atoms with Gasteiger partial charge in [-0.3, -0.25) is 14.9 Å². The predicted molar refractivity (Wildman–Crippen MR) is 103 cm³/mol. The van der Waals surface area contributed by atoms with Gasteiger partial charge in [-0.1, -0.05) is 23.8 Å². The molecule has 0 radical (unpaired) electrons. The fourth-order valence-corrected chi connectivity index (χ4v) is 3.07. The van der Waals surface area contributed by atoms with E-state index in [2.05, 4.69) is 5.32 Å². The molecule has 2 aromatic carbocycles. The van der Waals surface area contributed by atoms with Crippen LogP contribution in [0.2, 0.25) is 0 Å². The van der Waals surface area contributed by atoms with Crippen molar-refractivity contribution in [3.63, 3.8) is 0 Å². The lowest BCUT2D eigenvalue weighted by atomic mass is 10.1. The minimum atomic E-state index is -0.488. The molecule has 6 nitrogen and oxygen atoms in total. The Morgan fingerprint density at radius 3 is 2.48 bits per heavy atom. The van der Waals surface area contributed by atoms with E-state index in [1.807, 2.05) is 26.0 Å². The molecular weight excluding hydrogens is 366 g/mol. The molecule has 0 unspecified atom stereocenters. The van der Waals surface area contributed by atoms with Gasteiger partial charge in [0.2, 0.25) is 0 Å². The highest BCUT2D eigenvalue weighted by Crippen LogP contribution is 2.32. The Bertz CT molecular complexity index is 934. The average molecular weight is 383 g/mol. The van der Waals surface area contributed by atoms with E-state index in [1.54, 1.807) is 36.4 Å². The minimum Gasteiger partial charge on any atom is -0.490 e. The van der Waals surface area contributed by atoms with Gasteiger partial charge in [0.05, 0.1) is 17.1 Å². The largest absolute Gasteiger partial charge is 0.490 e. The number of esters is 1. The second-order valence-corrected chi connectivity index (χ2v) is 6.76. The molecule has 2 amide bonds. The molecule has 7 heteroatoms. The molecule has 0 spiro atoms. The zero-order valence-electron chi connectivity index (χ0n) is 14.8. The molecule has 1 aliphatic rings. The Hall–Kier alpha value is -3.06. The molecule has 1 heterocycles. The van der Waals surface area contributed by atoms with Crippen LogP contribution in [0.3, 0.4) is 0 Å². The molecule has 2 aromatic rings. The van der Waals surface area contributed by atoms with E-state index in [4.69, 9.17) is 9.47 Å². The number of hydrogen-bond donors (Lipinski definition) is 1. The van der Waals surface area contributed by atoms with Crippen LogP contribution in [0.1, 0.15) is 28.4 Å². The van der Waals surface area contributed by atoms with Crippen molar-refractivity contribution in [3.8, 4) is 11.5 Å². The van der Waals surface area contributed by atoms with Gasteiger partial charge in [-0.25, -0.2) is 4.79 Å². The fourth-order valence-electron chi connectivity index (χ4n) is 2.39. The lowest BCUT2D eigenvalue weighted by Crippen LogP contribution is -2.17. The standard InChI is InChI=1S/C20H17NO5S/c1-3-25-16-10-13(11-17-18(22)21-20(24)27-17)6-9-15(16)26-19(23)14-7-4-12(2)5-8-14/h4-11H,3H2,1-2H3,(H,21,22,24). The van der Waals surface area contributed by atoms with Crippen LogP contribution in [0.25, 0.3) is 6.08 Å². The van der Waals surface area contributed by atoms with E-state index in [-0.39, 0.29) is 5.75 Å². The second kappa shape index (κ2) is 8.09. The summed E-state index contributed by atoms with van der Waals surface area (Å²) in [6, 6.07) is 12.0. The number of imide groups is 1. The van der Waals surface area contributed by atoms with Gasteiger partial charge >= 0.3 is 5.97 Å². The van der Waals surface area contributed by atoms with Crippen molar-refractivity contribution in [2.45, 2.75) is 13.8 Å². The van der Waals surface area contributed by atoms with E-state index in [0.717, 1.165) is 17.3 Å². The highest BCUT2D eigenvalue weighted by molar-refractivity contribution is 8.18. The van der Waals surface area contributed by atoms with E-state index in [0.29, 0.717) is 28.4 Å². The molecular formula is C20H17NO5S. The predicted octanol–water partition coefficient (Wildman–Crippen LogP) is 3.94. The van der Waals surface area contributed by atoms with Crippen molar-refractivity contribution < 1.29 is 23.9 Å². The first-order chi connectivity index (χ1) is 13.0. The molecule has 0 aromatic heterocycles. The van der Waals surface area contributed by atoms with Gasteiger partial charge in [0.15, 0.2) is 11.5 Å². The fraction of sp³-hybridized carbons (Fsp3) is 0.150. The Balaban J connectivity index is 1.84. The summed E-state index contributed by atoms with van der Waals surface area (Å²) in [5.41, 5.74) is 2.14. The number of amides is 2. The van der Waals surface area contributed by atoms with E-state index in [9.17, 15) is 14.4 Å². The minimum absolute atomic E-state index is 0.282. The molecule has 1 N–H and O–H groups in total. The Morgan fingerprint density at radius 1 is 1.11 bits per heavy atom. The van der Waals surface area contributed by atoms with Crippen LogP contribution >= 0.6 is 11.8 Å². The zero-order valence-corrected chi connectivity index (χ0v) is 15.6. The third-order valence-electron chi connectivity index (χ3n) is 3.70. The second-order valence-electron chi connectivity index (χ2n) is 5.75. The molecule has 1 aliphatic heterocycles. The molecule has 27 heavy (non-hydrogen) atoms. The number of benzene rings is 2. The van der Waals surface area contributed by atoms with Gasteiger partial charge in [0, 0.05) is 0 Å². The van der Waals surface area contributed by atoms with Gasteiger partial charge in [0.1, 0.15) is 0 Å². The third kappa shape index (κ3) is 4.57. The maximum Gasteiger partial charge on any atom is 0.343 e. The number of rotatable bonds is 5. The normalized spacial score (nSPS) is 15.0. The van der Waals surface area contributed by atoms with Crippen LogP contribution in [0.15, 0.2) is 47.4 Å². The molecule has 1 fully saturated rings. The lowest BCUT2D eigenvalue weighted by Gasteiger charge is -2.11. The van der Waals surface area contributed by atoms with Crippen molar-refractivity contribution in [2.24, 2.45) is 0 Å². The Kier molecular flexibility index (Phi) is 5.61. The van der Waals surface area contributed by atoms with Gasteiger partial charge in [-0.15, -0.1) is 0 Å². The van der Waals surface area contributed by atoms with Crippen LogP contribution in [0, 0.1) is 6.92 Å². The Labute approximate surface area is 160 Å². The molecule has 0 aliphatic carbocycles. The summed E-state index contributed by atoms with van der Waals surface area (Å²) in [5, 5.41) is 1.80. The van der Waals surface area contributed by atoms with Crippen molar-refractivity contribution in [1.82, 2.24) is 5.32 Å². The summed E-state index contributed by atoms with van der Waals surface area (Å²) in [5.74, 6) is -0.262. The Morgan fingerprint density at radius 2 is 1.85 bits per heavy atom. The van der Waals surface area contributed by atoms with Gasteiger partial charge in [-0.05, 0) is 61.5 Å². The van der Waals surface area contributed by atoms with Gasteiger partial charge in [0.25, 0.3) is 11.1 Å². The van der Waals surface area contributed by atoms with Crippen molar-refractivity contribution >= 4 is 35.0 Å². The first kappa shape index (κ1) is 18.7. The smallest absolute Gasteiger partial charge is 0.343 e. The van der Waals surface area contributed by atoms with Crippen LogP contribution in [-0.4, -0.2) is 23.7 Å². The van der Waals surface area contributed by atoms with Crippen LogP contribution in [0.5, 0.6) is 11.5 Å². The van der Waals surface area contributed by atoms with E-state index >= 15 is 0 Å². The molecule has 0 saturated carbocycles. The quantitative estimate of drug-likeness (QED) is 0.478. The number of aryl methyl sites for hydroxylation is 1. The average Bonchev–Trinajstić information content (AvgIpc) is 2.95. The van der Waals surface area contributed by atoms with Crippen LogP contribution < -0.4 is 14.8 Å². The van der Waals surface area contributed by atoms with Crippen molar-refractivity contribution in [1.29, 1.82) is 0 Å². The van der Waals surface area contributed by atoms with Gasteiger partial charge in [-0.2, -0.15) is 0 Å². The number of carbonyl (C=O) groups excluding carboxylic acids is 3. The first-order valence-electron chi connectivity index (χ1n) is 8.27. The molecule has 0 bridgehead atoms. The van der Waals surface area contributed by atoms with Crippen LogP contribution in [0.4, 0.5) is 4.79 Å². The highest BCUT2D eigenvalue weighted by atomic mass is 32.2. The number of thioether (sulfide) groups is 1. The molecule has 1 saturated heterocycles. The molecule has 3 rings (SSSR count). The maximum absolute atomic E-state index is 12.3. The summed E-state index contributed by atoms with van der Waals surface area (Å²) in [4.78, 5) is 35.6. The van der Waals surface area contributed by atoms with Crippen molar-refractivity contribution in [3.05, 3.63) is 64.1 Å². The van der Waals surface area contributed by atoms with Gasteiger partial charge < -0.3 is 9.47 Å². The molecule has 0 atom stereocenters. The topological polar surface area (TPSA) is 81.7 Å². The monoisotopic (exact) mass is 383 g/mol. The summed E-state index contributed by atoms with van der Waals surface area (Å²) >= 11 is 0.836. The summed E-state index contributed by atoms with van der Waals surface area (Å²) < 4.78 is 11.0. The summed E-state index contributed by atoms with van der Waals surface area (Å²) in [6.45, 7) is 4.13. The highest BCUT2D eigenvalue weighted by Gasteiger charge is 2.25. The number of nitrogens with one attached hydrogen (secondary N) is 1. The summed E-state index contributed by atoms with van der Waals surface area (Å²) in [6.07, 6.45) is 1.58. The number of hydrogen-bond acceptors (Lipinski definition) is 6. The van der Waals surface area contributed by atoms with E-state index in [1.165, 1.54) is 0 Å². The maximum atomic E-state index is 12.3. The van der Waals surface area contributed by atoms with Crippen LogP contribution in [-0.2, 0) is 4.79 Å². The number of carbonyl (C=O) groups is 3. The lowest BCUT2D eigenvalue weighted by molar-refractivity contribution is -0.115. The first-order valence-corrected chi connectivity index (χ1v) is 9.08. The summed E-state index contributed by atoms with van der Waals surface area (Å²) in [7, 11) is 0. The van der Waals surface area contributed by atoms with Crippen molar-refractivity contribution in [2.75, 3.05) is 6.61 Å². The zero-order chi connectivity index (χ0) is 19.4.